The Bertz CT molecular complexity index is 1360. The number of carbonyl (C=O) groups is 1. The minimum Gasteiger partial charge on any atom is -0.493 e. The number of benzene rings is 3. The van der Waals surface area contributed by atoms with Crippen LogP contribution in [0.5, 0.6) is 11.5 Å². The summed E-state index contributed by atoms with van der Waals surface area (Å²) in [5.74, 6) is 2.04. The largest absolute Gasteiger partial charge is 0.493 e. The SMILES string of the molecule is COc1ccc(NC(=O)c2ccc(-c3ccc(-c4noc(C)n4)cc3C)cc2)cc1OC(C)N(C)C. The lowest BCUT2D eigenvalue weighted by Gasteiger charge is -2.22. The Morgan fingerprint density at radius 3 is 2.31 bits per heavy atom. The van der Waals surface area contributed by atoms with E-state index < -0.39 is 0 Å². The van der Waals surface area contributed by atoms with Crippen LogP contribution in [0, 0.1) is 13.8 Å². The Morgan fingerprint density at radius 2 is 1.69 bits per heavy atom. The zero-order valence-corrected chi connectivity index (χ0v) is 21.3. The van der Waals surface area contributed by atoms with E-state index in [9.17, 15) is 4.79 Å². The molecular formula is C28H30N4O4. The first kappa shape index (κ1) is 24.9. The molecule has 4 aromatic rings. The summed E-state index contributed by atoms with van der Waals surface area (Å²) < 4.78 is 16.5. The van der Waals surface area contributed by atoms with Crippen LogP contribution in [0.4, 0.5) is 5.69 Å². The molecule has 1 aromatic heterocycles. The van der Waals surface area contributed by atoms with Crippen LogP contribution in [-0.4, -0.2) is 48.4 Å². The molecule has 1 atom stereocenters. The number of hydrogen-bond donors (Lipinski definition) is 1. The van der Waals surface area contributed by atoms with Crippen LogP contribution in [-0.2, 0) is 0 Å². The van der Waals surface area contributed by atoms with Gasteiger partial charge in [-0.25, -0.2) is 0 Å². The van der Waals surface area contributed by atoms with Crippen LogP contribution in [0.2, 0.25) is 0 Å². The van der Waals surface area contributed by atoms with Crippen molar-refractivity contribution >= 4 is 11.6 Å². The van der Waals surface area contributed by atoms with Gasteiger partial charge in [-0.3, -0.25) is 9.69 Å². The van der Waals surface area contributed by atoms with Crippen molar-refractivity contribution in [2.24, 2.45) is 0 Å². The van der Waals surface area contributed by atoms with Crippen molar-refractivity contribution in [2.75, 3.05) is 26.5 Å². The molecule has 4 rings (SSSR count). The molecule has 0 saturated heterocycles. The summed E-state index contributed by atoms with van der Waals surface area (Å²) in [4.78, 5) is 19.1. The summed E-state index contributed by atoms with van der Waals surface area (Å²) in [6, 6.07) is 18.9. The number of nitrogens with one attached hydrogen (secondary N) is 1. The van der Waals surface area contributed by atoms with Gasteiger partial charge in [0.25, 0.3) is 5.91 Å². The summed E-state index contributed by atoms with van der Waals surface area (Å²) in [7, 11) is 5.44. The minimum absolute atomic E-state index is 0.161. The smallest absolute Gasteiger partial charge is 0.255 e. The van der Waals surface area contributed by atoms with E-state index in [0.29, 0.717) is 34.5 Å². The van der Waals surface area contributed by atoms with Gasteiger partial charge in [0.1, 0.15) is 6.23 Å². The Labute approximate surface area is 210 Å². The number of anilines is 1. The molecule has 8 nitrogen and oxygen atoms in total. The van der Waals surface area contributed by atoms with E-state index in [4.69, 9.17) is 14.0 Å². The highest BCUT2D eigenvalue weighted by molar-refractivity contribution is 6.04. The summed E-state index contributed by atoms with van der Waals surface area (Å²) in [5.41, 5.74) is 5.22. The van der Waals surface area contributed by atoms with E-state index in [1.165, 1.54) is 0 Å². The monoisotopic (exact) mass is 486 g/mol. The number of carbonyl (C=O) groups excluding carboxylic acids is 1. The first-order valence-electron chi connectivity index (χ1n) is 11.6. The van der Waals surface area contributed by atoms with Crippen LogP contribution in [0.15, 0.2) is 65.2 Å². The second-order valence-corrected chi connectivity index (χ2v) is 8.74. The number of methoxy groups -OCH3 is 1. The highest BCUT2D eigenvalue weighted by Gasteiger charge is 2.14. The van der Waals surface area contributed by atoms with Crippen molar-refractivity contribution in [3.8, 4) is 34.0 Å². The van der Waals surface area contributed by atoms with Crippen LogP contribution in [0.25, 0.3) is 22.5 Å². The maximum Gasteiger partial charge on any atom is 0.255 e. The molecule has 0 aliphatic carbocycles. The van der Waals surface area contributed by atoms with Gasteiger partial charge in [-0.2, -0.15) is 4.98 Å². The molecule has 0 radical (unpaired) electrons. The molecule has 1 heterocycles. The fraction of sp³-hybridized carbons (Fsp3) is 0.250. The first-order valence-corrected chi connectivity index (χ1v) is 11.6. The maximum atomic E-state index is 12.9. The number of amides is 1. The van der Waals surface area contributed by atoms with Crippen molar-refractivity contribution in [1.29, 1.82) is 0 Å². The zero-order valence-electron chi connectivity index (χ0n) is 21.3. The van der Waals surface area contributed by atoms with Crippen LogP contribution in [0.3, 0.4) is 0 Å². The van der Waals surface area contributed by atoms with Gasteiger partial charge in [0, 0.05) is 29.8 Å². The summed E-state index contributed by atoms with van der Waals surface area (Å²) in [5, 5.41) is 6.92. The molecule has 0 aliphatic heterocycles. The molecule has 0 aliphatic rings. The molecule has 0 bridgehead atoms. The molecule has 3 aromatic carbocycles. The van der Waals surface area contributed by atoms with Gasteiger partial charge in [0.15, 0.2) is 11.5 Å². The quantitative estimate of drug-likeness (QED) is 0.326. The van der Waals surface area contributed by atoms with Crippen LogP contribution in [0.1, 0.15) is 28.7 Å². The molecule has 0 fully saturated rings. The third-order valence-electron chi connectivity index (χ3n) is 5.92. The van der Waals surface area contributed by atoms with E-state index in [0.717, 1.165) is 22.3 Å². The number of nitrogens with zero attached hydrogens (tertiary/aromatic N) is 3. The number of rotatable bonds is 8. The van der Waals surface area contributed by atoms with Crippen LogP contribution < -0.4 is 14.8 Å². The molecular weight excluding hydrogens is 456 g/mol. The van der Waals surface area contributed by atoms with Crippen molar-refractivity contribution in [2.45, 2.75) is 27.0 Å². The topological polar surface area (TPSA) is 89.7 Å². The number of aryl methyl sites for hydroxylation is 2. The molecule has 0 spiro atoms. The standard InChI is InChI=1S/C28H30N4O4/c1-17-15-22(27-29-18(2)36-31-27)11-13-24(17)20-7-9-21(10-8-20)28(33)30-23-12-14-25(34-6)26(16-23)35-19(3)32(4)5/h7-16,19H,1-6H3,(H,30,33). The normalized spacial score (nSPS) is 11.9. The second-order valence-electron chi connectivity index (χ2n) is 8.74. The van der Waals surface area contributed by atoms with Crippen molar-refractivity contribution in [1.82, 2.24) is 15.0 Å². The molecule has 1 N–H and O–H groups in total. The predicted octanol–water partition coefficient (Wildman–Crippen LogP) is 5.57. The molecule has 1 amide bonds. The van der Waals surface area contributed by atoms with E-state index in [1.54, 1.807) is 32.2 Å². The molecule has 1 unspecified atom stereocenters. The maximum absolute atomic E-state index is 12.9. The third kappa shape index (κ3) is 5.55. The Hall–Kier alpha value is -4.17. The highest BCUT2D eigenvalue weighted by atomic mass is 16.5. The lowest BCUT2D eigenvalue weighted by Crippen LogP contribution is -2.30. The van der Waals surface area contributed by atoms with Crippen molar-refractivity contribution in [3.63, 3.8) is 0 Å². The molecule has 186 valence electrons. The van der Waals surface area contributed by atoms with Gasteiger partial charge in [0.05, 0.1) is 7.11 Å². The first-order chi connectivity index (χ1) is 17.2. The van der Waals surface area contributed by atoms with E-state index in [2.05, 4.69) is 15.5 Å². The Kier molecular flexibility index (Phi) is 7.36. The van der Waals surface area contributed by atoms with Gasteiger partial charge < -0.3 is 19.3 Å². The molecule has 0 saturated carbocycles. The van der Waals surface area contributed by atoms with Gasteiger partial charge in [-0.1, -0.05) is 29.4 Å². The van der Waals surface area contributed by atoms with Gasteiger partial charge in [0.2, 0.25) is 11.7 Å². The van der Waals surface area contributed by atoms with Gasteiger partial charge >= 0.3 is 0 Å². The van der Waals surface area contributed by atoms with Crippen molar-refractivity contribution in [3.05, 3.63) is 77.7 Å². The summed E-state index contributed by atoms with van der Waals surface area (Å²) >= 11 is 0. The van der Waals surface area contributed by atoms with E-state index >= 15 is 0 Å². The Morgan fingerprint density at radius 1 is 0.972 bits per heavy atom. The number of hydrogen-bond acceptors (Lipinski definition) is 7. The minimum atomic E-state index is -0.210. The zero-order chi connectivity index (χ0) is 25.8. The second kappa shape index (κ2) is 10.6. The van der Waals surface area contributed by atoms with Gasteiger partial charge in [-0.15, -0.1) is 0 Å². The number of ether oxygens (including phenoxy) is 2. The number of aromatic nitrogens is 2. The van der Waals surface area contributed by atoms with E-state index in [1.807, 2.05) is 75.3 Å². The Balaban J connectivity index is 1.49. The average Bonchev–Trinajstić information content (AvgIpc) is 3.30. The predicted molar refractivity (Wildman–Crippen MR) is 139 cm³/mol. The third-order valence-corrected chi connectivity index (χ3v) is 5.92. The molecule has 8 heteroatoms. The van der Waals surface area contributed by atoms with Crippen LogP contribution >= 0.6 is 0 Å². The summed E-state index contributed by atoms with van der Waals surface area (Å²) in [6.07, 6.45) is -0.161. The fourth-order valence-corrected chi connectivity index (χ4v) is 3.68. The highest BCUT2D eigenvalue weighted by Crippen LogP contribution is 2.32. The lowest BCUT2D eigenvalue weighted by atomic mass is 9.97. The van der Waals surface area contributed by atoms with E-state index in [-0.39, 0.29) is 12.1 Å². The average molecular weight is 487 g/mol. The molecule has 36 heavy (non-hydrogen) atoms. The lowest BCUT2D eigenvalue weighted by molar-refractivity contribution is 0.0785. The summed E-state index contributed by atoms with van der Waals surface area (Å²) in [6.45, 7) is 5.74. The van der Waals surface area contributed by atoms with Crippen molar-refractivity contribution < 1.29 is 18.8 Å². The van der Waals surface area contributed by atoms with Gasteiger partial charge in [-0.05, 0) is 75.0 Å². The fourth-order valence-electron chi connectivity index (χ4n) is 3.68.